The monoisotopic (exact) mass is 304 g/mol. The molecule has 3 amide bonds. The van der Waals surface area contributed by atoms with Crippen LogP contribution in [-0.4, -0.2) is 77.2 Å². The maximum Gasteiger partial charge on any atom is 0.256 e. The van der Waals surface area contributed by atoms with E-state index in [0.29, 0.717) is 18.7 Å². The van der Waals surface area contributed by atoms with Gasteiger partial charge in [-0.25, -0.2) is 0 Å². The maximum atomic E-state index is 12.6. The molecule has 118 valence electrons. The van der Waals surface area contributed by atoms with Crippen molar-refractivity contribution in [1.82, 2.24) is 19.7 Å². The molecule has 0 N–H and O–H groups in total. The predicted molar refractivity (Wildman–Crippen MR) is 80.0 cm³/mol. The second kappa shape index (κ2) is 6.55. The minimum absolute atomic E-state index is 0.0926. The molecule has 0 saturated carbocycles. The van der Waals surface area contributed by atoms with E-state index in [1.165, 1.54) is 22.9 Å². The first kappa shape index (κ1) is 15.9. The first-order valence-corrected chi connectivity index (χ1v) is 7.09. The first-order valence-electron chi connectivity index (χ1n) is 7.09. The van der Waals surface area contributed by atoms with E-state index in [1.807, 2.05) is 0 Å². The summed E-state index contributed by atoms with van der Waals surface area (Å²) in [4.78, 5) is 45.1. The zero-order valence-electron chi connectivity index (χ0n) is 13.0. The summed E-state index contributed by atoms with van der Waals surface area (Å²) >= 11 is 0. The van der Waals surface area contributed by atoms with Crippen LogP contribution < -0.4 is 0 Å². The first-order chi connectivity index (χ1) is 10.4. The summed E-state index contributed by atoms with van der Waals surface area (Å²) in [5, 5.41) is 0. The van der Waals surface area contributed by atoms with Gasteiger partial charge in [-0.15, -0.1) is 0 Å². The van der Waals surface area contributed by atoms with Crippen molar-refractivity contribution in [2.24, 2.45) is 0 Å². The highest BCUT2D eigenvalue weighted by Crippen LogP contribution is 2.15. The molecule has 7 heteroatoms. The van der Waals surface area contributed by atoms with Crippen LogP contribution >= 0.6 is 0 Å². The lowest BCUT2D eigenvalue weighted by molar-refractivity contribution is -0.139. The molecule has 7 nitrogen and oxygen atoms in total. The van der Waals surface area contributed by atoms with Gasteiger partial charge in [0.15, 0.2) is 0 Å². The Morgan fingerprint density at radius 3 is 2.55 bits per heavy atom. The molecule has 0 aliphatic carbocycles. The Balaban J connectivity index is 2.26. The van der Waals surface area contributed by atoms with Crippen LogP contribution in [0.3, 0.4) is 0 Å². The SMILES string of the molecule is CC(=O)N1CCN(C(=O)c2cccnc2)[C@H](C(=O)N(C)C)C1. The number of pyridine rings is 1. The largest absolute Gasteiger partial charge is 0.347 e. The van der Waals surface area contributed by atoms with E-state index in [-0.39, 0.29) is 24.3 Å². The van der Waals surface area contributed by atoms with Crippen LogP contribution in [0.25, 0.3) is 0 Å². The van der Waals surface area contributed by atoms with E-state index in [2.05, 4.69) is 4.98 Å². The fourth-order valence-electron chi connectivity index (χ4n) is 2.48. The van der Waals surface area contributed by atoms with Gasteiger partial charge in [0, 0.05) is 46.5 Å². The standard InChI is InChI=1S/C15H20N4O3/c1-11(20)18-7-8-19(13(10-18)15(22)17(2)3)14(21)12-5-4-6-16-9-12/h4-6,9,13H,7-8,10H2,1-3H3/t13-/m0/s1. The number of carbonyl (C=O) groups excluding carboxylic acids is 3. The lowest BCUT2D eigenvalue weighted by Crippen LogP contribution is -2.61. The van der Waals surface area contributed by atoms with Crippen molar-refractivity contribution in [3.05, 3.63) is 30.1 Å². The summed E-state index contributed by atoms with van der Waals surface area (Å²) in [6.07, 6.45) is 3.07. The predicted octanol–water partition coefficient (Wildman–Crippen LogP) is -0.157. The molecule has 0 unspecified atom stereocenters. The molecule has 1 aromatic heterocycles. The molecule has 1 aliphatic rings. The molecular formula is C15H20N4O3. The van der Waals surface area contributed by atoms with Crippen molar-refractivity contribution in [1.29, 1.82) is 0 Å². The number of aromatic nitrogens is 1. The second-order valence-electron chi connectivity index (χ2n) is 5.45. The molecule has 1 atom stereocenters. The van der Waals surface area contributed by atoms with Crippen LogP contribution in [0.2, 0.25) is 0 Å². The average molecular weight is 304 g/mol. The summed E-state index contributed by atoms with van der Waals surface area (Å²) in [5.74, 6) is -0.523. The molecule has 2 heterocycles. The molecule has 0 aromatic carbocycles. The third-order valence-electron chi connectivity index (χ3n) is 3.72. The molecule has 1 aliphatic heterocycles. The summed E-state index contributed by atoms with van der Waals surface area (Å²) in [5.41, 5.74) is 0.440. The van der Waals surface area contributed by atoms with E-state index in [4.69, 9.17) is 0 Å². The van der Waals surface area contributed by atoms with Gasteiger partial charge >= 0.3 is 0 Å². The van der Waals surface area contributed by atoms with Crippen molar-refractivity contribution < 1.29 is 14.4 Å². The zero-order valence-corrected chi connectivity index (χ0v) is 13.0. The van der Waals surface area contributed by atoms with Crippen molar-refractivity contribution in [3.63, 3.8) is 0 Å². The second-order valence-corrected chi connectivity index (χ2v) is 5.45. The Hall–Kier alpha value is -2.44. The van der Waals surface area contributed by atoms with Gasteiger partial charge in [0.2, 0.25) is 11.8 Å². The number of rotatable bonds is 2. The molecule has 0 bridgehead atoms. The highest BCUT2D eigenvalue weighted by atomic mass is 16.2. The lowest BCUT2D eigenvalue weighted by atomic mass is 10.1. The molecule has 22 heavy (non-hydrogen) atoms. The van der Waals surface area contributed by atoms with Crippen LogP contribution in [0.15, 0.2) is 24.5 Å². The zero-order chi connectivity index (χ0) is 16.3. The maximum absolute atomic E-state index is 12.6. The number of nitrogens with zero attached hydrogens (tertiary/aromatic N) is 4. The van der Waals surface area contributed by atoms with Gasteiger partial charge in [0.25, 0.3) is 5.91 Å². The number of hydrogen-bond acceptors (Lipinski definition) is 4. The number of likely N-dealkylation sites (N-methyl/N-ethyl adjacent to an activating group) is 1. The Morgan fingerprint density at radius 2 is 2.00 bits per heavy atom. The topological polar surface area (TPSA) is 73.8 Å². The molecule has 1 aromatic rings. The van der Waals surface area contributed by atoms with E-state index >= 15 is 0 Å². The quantitative estimate of drug-likeness (QED) is 0.761. The Morgan fingerprint density at radius 1 is 1.27 bits per heavy atom. The third-order valence-corrected chi connectivity index (χ3v) is 3.72. The van der Waals surface area contributed by atoms with Crippen LogP contribution in [0.1, 0.15) is 17.3 Å². The van der Waals surface area contributed by atoms with Crippen molar-refractivity contribution in [3.8, 4) is 0 Å². The van der Waals surface area contributed by atoms with Crippen molar-refractivity contribution in [2.75, 3.05) is 33.7 Å². The van der Waals surface area contributed by atoms with E-state index in [1.54, 1.807) is 37.3 Å². The van der Waals surface area contributed by atoms with E-state index in [9.17, 15) is 14.4 Å². The summed E-state index contributed by atoms with van der Waals surface area (Å²) in [7, 11) is 3.28. The molecule has 0 spiro atoms. The highest BCUT2D eigenvalue weighted by molar-refractivity contribution is 5.97. The van der Waals surface area contributed by atoms with Gasteiger partial charge in [0.05, 0.1) is 12.1 Å². The smallest absolute Gasteiger partial charge is 0.256 e. The van der Waals surface area contributed by atoms with Gasteiger partial charge in [-0.1, -0.05) is 0 Å². The molecule has 1 fully saturated rings. The van der Waals surface area contributed by atoms with Crippen LogP contribution in [0.5, 0.6) is 0 Å². The Kier molecular flexibility index (Phi) is 4.75. The minimum atomic E-state index is -0.666. The number of piperazine rings is 1. The van der Waals surface area contributed by atoms with Gasteiger partial charge < -0.3 is 14.7 Å². The number of hydrogen-bond donors (Lipinski definition) is 0. The summed E-state index contributed by atoms with van der Waals surface area (Å²) < 4.78 is 0. The molecule has 0 radical (unpaired) electrons. The van der Waals surface area contributed by atoms with Crippen LogP contribution in [0, 0.1) is 0 Å². The van der Waals surface area contributed by atoms with Gasteiger partial charge in [0.1, 0.15) is 6.04 Å². The van der Waals surface area contributed by atoms with Gasteiger partial charge in [-0.05, 0) is 12.1 Å². The van der Waals surface area contributed by atoms with Crippen LogP contribution in [0.4, 0.5) is 0 Å². The van der Waals surface area contributed by atoms with Crippen molar-refractivity contribution in [2.45, 2.75) is 13.0 Å². The third kappa shape index (κ3) is 3.24. The van der Waals surface area contributed by atoms with Gasteiger partial charge in [-0.2, -0.15) is 0 Å². The molecule has 2 rings (SSSR count). The molecule has 1 saturated heterocycles. The summed E-state index contributed by atoms with van der Waals surface area (Å²) in [6.45, 7) is 2.45. The minimum Gasteiger partial charge on any atom is -0.347 e. The highest BCUT2D eigenvalue weighted by Gasteiger charge is 2.37. The van der Waals surface area contributed by atoms with Crippen molar-refractivity contribution >= 4 is 17.7 Å². The fourth-order valence-corrected chi connectivity index (χ4v) is 2.48. The van der Waals surface area contributed by atoms with Crippen LogP contribution in [-0.2, 0) is 9.59 Å². The Bertz CT molecular complexity index is 573. The lowest BCUT2D eigenvalue weighted by Gasteiger charge is -2.41. The summed E-state index contributed by atoms with van der Waals surface area (Å²) in [6, 6.07) is 2.69. The number of carbonyl (C=O) groups is 3. The normalized spacial score (nSPS) is 18.0. The molecular weight excluding hydrogens is 284 g/mol. The fraction of sp³-hybridized carbons (Fsp3) is 0.467. The van der Waals surface area contributed by atoms with Gasteiger partial charge in [-0.3, -0.25) is 19.4 Å². The average Bonchev–Trinajstić information content (AvgIpc) is 2.53. The Labute approximate surface area is 129 Å². The van der Waals surface area contributed by atoms with E-state index < -0.39 is 6.04 Å². The van der Waals surface area contributed by atoms with E-state index in [0.717, 1.165) is 0 Å². The number of amides is 3.